The van der Waals surface area contributed by atoms with Crippen molar-refractivity contribution in [3.05, 3.63) is 65.4 Å². The minimum atomic E-state index is -0.355. The van der Waals surface area contributed by atoms with Crippen LogP contribution < -0.4 is 15.8 Å². The predicted octanol–water partition coefficient (Wildman–Crippen LogP) is 3.23. The van der Waals surface area contributed by atoms with Crippen molar-refractivity contribution >= 4 is 17.7 Å². The van der Waals surface area contributed by atoms with E-state index in [2.05, 4.69) is 15.3 Å². The molecule has 0 atom stereocenters. The number of halogens is 1. The molecular weight excluding hydrogens is 371 g/mol. The molecule has 1 aliphatic rings. The zero-order valence-electron chi connectivity index (χ0n) is 15.9. The number of benzene rings is 1. The largest absolute Gasteiger partial charge is 0.485 e. The first-order valence-corrected chi connectivity index (χ1v) is 9.26. The number of ether oxygens (including phenoxy) is 1. The Labute approximate surface area is 167 Å². The lowest BCUT2D eigenvalue weighted by Gasteiger charge is -2.19. The summed E-state index contributed by atoms with van der Waals surface area (Å²) in [5.41, 5.74) is 9.69. The Kier molecular flexibility index (Phi) is 4.99. The van der Waals surface area contributed by atoms with Gasteiger partial charge in [-0.15, -0.1) is 0 Å². The quantitative estimate of drug-likeness (QED) is 0.594. The van der Waals surface area contributed by atoms with Crippen molar-refractivity contribution in [3.63, 3.8) is 0 Å². The topological polar surface area (TPSA) is 102 Å². The number of hydrogen-bond donors (Lipinski definition) is 3. The van der Waals surface area contributed by atoms with E-state index >= 15 is 0 Å². The highest BCUT2D eigenvalue weighted by Crippen LogP contribution is 2.30. The van der Waals surface area contributed by atoms with Gasteiger partial charge >= 0.3 is 0 Å². The number of pyridine rings is 1. The Balaban J connectivity index is 1.96. The van der Waals surface area contributed by atoms with Gasteiger partial charge < -0.3 is 25.8 Å². The van der Waals surface area contributed by atoms with Gasteiger partial charge in [0.15, 0.2) is 11.6 Å². The van der Waals surface area contributed by atoms with Gasteiger partial charge in [0, 0.05) is 59.3 Å². The summed E-state index contributed by atoms with van der Waals surface area (Å²) < 4.78 is 21.8. The number of nitrogen functional groups attached to an aromatic ring is 1. The summed E-state index contributed by atoms with van der Waals surface area (Å²) >= 11 is 0. The molecule has 0 amide bonds. The monoisotopic (exact) mass is 392 g/mol. The van der Waals surface area contributed by atoms with Crippen LogP contribution in [0.3, 0.4) is 0 Å². The minimum Gasteiger partial charge on any atom is -0.485 e. The van der Waals surface area contributed by atoms with E-state index in [1.54, 1.807) is 24.5 Å². The molecule has 0 saturated carbocycles. The van der Waals surface area contributed by atoms with Crippen molar-refractivity contribution in [2.75, 3.05) is 12.3 Å². The van der Waals surface area contributed by atoms with Crippen LogP contribution in [0.5, 0.6) is 5.75 Å². The Morgan fingerprint density at radius 3 is 3.00 bits per heavy atom. The SMILES string of the molecule is CCN/C1=C(\C=N)Cn2ccnc2-c2ccc(F)cc2COc2cc1cnc2N. The van der Waals surface area contributed by atoms with Crippen LogP contribution in [0.25, 0.3) is 17.1 Å². The smallest absolute Gasteiger partial charge is 0.166 e. The average molecular weight is 392 g/mol. The molecule has 4 N–H and O–H groups in total. The average Bonchev–Trinajstić information content (AvgIpc) is 3.17. The lowest BCUT2D eigenvalue weighted by atomic mass is 10.1. The number of imidazole rings is 1. The van der Waals surface area contributed by atoms with E-state index in [1.165, 1.54) is 18.3 Å². The van der Waals surface area contributed by atoms with E-state index in [0.29, 0.717) is 30.2 Å². The van der Waals surface area contributed by atoms with E-state index in [9.17, 15) is 4.39 Å². The summed E-state index contributed by atoms with van der Waals surface area (Å²) in [6.07, 6.45) is 6.50. The number of fused-ring (bicyclic) bond motifs is 5. The van der Waals surface area contributed by atoms with Crippen LogP contribution in [0.4, 0.5) is 10.2 Å². The molecule has 29 heavy (non-hydrogen) atoms. The first kappa shape index (κ1) is 18.7. The fourth-order valence-corrected chi connectivity index (χ4v) is 3.40. The van der Waals surface area contributed by atoms with Gasteiger partial charge in [-0.05, 0) is 31.2 Å². The van der Waals surface area contributed by atoms with Crippen LogP contribution in [0.1, 0.15) is 18.1 Å². The number of nitrogens with one attached hydrogen (secondary N) is 2. The summed E-state index contributed by atoms with van der Waals surface area (Å²) in [4.78, 5) is 8.72. The third-order valence-corrected chi connectivity index (χ3v) is 4.77. The van der Waals surface area contributed by atoms with Crippen LogP contribution in [0.2, 0.25) is 0 Å². The second kappa shape index (κ2) is 7.75. The van der Waals surface area contributed by atoms with Crippen molar-refractivity contribution in [2.45, 2.75) is 20.1 Å². The second-order valence-corrected chi connectivity index (χ2v) is 6.65. The molecule has 3 aromatic rings. The van der Waals surface area contributed by atoms with Crippen molar-refractivity contribution < 1.29 is 9.13 Å². The van der Waals surface area contributed by atoms with Crippen LogP contribution >= 0.6 is 0 Å². The van der Waals surface area contributed by atoms with Crippen LogP contribution in [0.15, 0.2) is 48.4 Å². The van der Waals surface area contributed by atoms with Gasteiger partial charge in [-0.1, -0.05) is 0 Å². The Hall–Kier alpha value is -3.68. The van der Waals surface area contributed by atoms with E-state index < -0.39 is 0 Å². The lowest BCUT2D eigenvalue weighted by molar-refractivity contribution is 0.306. The van der Waals surface area contributed by atoms with E-state index in [0.717, 1.165) is 22.4 Å². The molecule has 148 valence electrons. The van der Waals surface area contributed by atoms with Gasteiger partial charge in [-0.25, -0.2) is 14.4 Å². The molecule has 2 aromatic heterocycles. The minimum absolute atomic E-state index is 0.118. The molecule has 2 bridgehead atoms. The zero-order valence-corrected chi connectivity index (χ0v) is 15.9. The fourth-order valence-electron chi connectivity index (χ4n) is 3.40. The Bertz CT molecular complexity index is 1100. The molecule has 0 saturated heterocycles. The Morgan fingerprint density at radius 2 is 2.21 bits per heavy atom. The molecule has 0 spiro atoms. The van der Waals surface area contributed by atoms with E-state index in [1.807, 2.05) is 17.7 Å². The molecule has 4 rings (SSSR count). The molecule has 0 fully saturated rings. The normalized spacial score (nSPS) is 15.9. The maximum Gasteiger partial charge on any atom is 0.166 e. The van der Waals surface area contributed by atoms with Crippen LogP contribution in [-0.4, -0.2) is 27.3 Å². The highest BCUT2D eigenvalue weighted by molar-refractivity contribution is 5.89. The first-order valence-electron chi connectivity index (χ1n) is 9.26. The number of rotatable bonds is 3. The van der Waals surface area contributed by atoms with Crippen molar-refractivity contribution in [3.8, 4) is 17.1 Å². The summed E-state index contributed by atoms with van der Waals surface area (Å²) in [6.45, 7) is 3.19. The van der Waals surface area contributed by atoms with Crippen LogP contribution in [0, 0.1) is 11.2 Å². The van der Waals surface area contributed by atoms with Crippen molar-refractivity contribution in [1.29, 1.82) is 5.41 Å². The van der Waals surface area contributed by atoms with Gasteiger partial charge in [-0.3, -0.25) is 0 Å². The highest BCUT2D eigenvalue weighted by atomic mass is 19.1. The lowest BCUT2D eigenvalue weighted by Crippen LogP contribution is -2.18. The molecule has 3 heterocycles. The van der Waals surface area contributed by atoms with Crippen molar-refractivity contribution in [2.24, 2.45) is 0 Å². The molecule has 0 aliphatic carbocycles. The third kappa shape index (κ3) is 3.56. The number of nitrogens with zero attached hydrogens (tertiary/aromatic N) is 3. The Morgan fingerprint density at radius 1 is 1.34 bits per heavy atom. The molecule has 0 radical (unpaired) electrons. The van der Waals surface area contributed by atoms with Gasteiger partial charge in [0.25, 0.3) is 0 Å². The fraction of sp³-hybridized carbons (Fsp3) is 0.190. The zero-order chi connectivity index (χ0) is 20.4. The third-order valence-electron chi connectivity index (χ3n) is 4.77. The summed E-state index contributed by atoms with van der Waals surface area (Å²) in [5.74, 6) is 0.972. The van der Waals surface area contributed by atoms with Gasteiger partial charge in [0.05, 0.1) is 6.54 Å². The van der Waals surface area contributed by atoms with Gasteiger partial charge in [0.1, 0.15) is 18.2 Å². The van der Waals surface area contributed by atoms with Crippen molar-refractivity contribution in [1.82, 2.24) is 19.9 Å². The molecule has 1 aromatic carbocycles. The maximum atomic E-state index is 13.9. The van der Waals surface area contributed by atoms with Gasteiger partial charge in [-0.2, -0.15) is 0 Å². The predicted molar refractivity (Wildman–Crippen MR) is 110 cm³/mol. The number of aromatic nitrogens is 3. The van der Waals surface area contributed by atoms with E-state index in [4.69, 9.17) is 15.9 Å². The second-order valence-electron chi connectivity index (χ2n) is 6.65. The highest BCUT2D eigenvalue weighted by Gasteiger charge is 2.18. The van der Waals surface area contributed by atoms with Gasteiger partial charge in [0.2, 0.25) is 0 Å². The maximum absolute atomic E-state index is 13.9. The number of allylic oxidation sites excluding steroid dienone is 1. The molecule has 8 heteroatoms. The van der Waals surface area contributed by atoms with Crippen LogP contribution in [-0.2, 0) is 13.2 Å². The summed E-state index contributed by atoms with van der Waals surface area (Å²) in [7, 11) is 0. The number of hydrogen-bond acceptors (Lipinski definition) is 6. The molecule has 1 aliphatic heterocycles. The standard InChI is InChI=1S/C21H21FN6O/c1-2-25-19-13-8-18(20(24)27-10-13)29-12-14-7-16(22)3-4-17(14)21-26-5-6-28(21)11-15(19)9-23/h3-10,23,25H,2,11-12H2,1H3,(H2,24,27)/b19-15+,23-9?. The van der Waals surface area contributed by atoms with E-state index in [-0.39, 0.29) is 18.2 Å². The summed E-state index contributed by atoms with van der Waals surface area (Å²) in [6, 6.07) is 6.32. The molecule has 0 unspecified atom stereocenters. The molecule has 7 nitrogen and oxygen atoms in total. The number of nitrogens with two attached hydrogens (primary N) is 1. The molecular formula is C21H21FN6O. The first-order chi connectivity index (χ1) is 14.1. The summed E-state index contributed by atoms with van der Waals surface area (Å²) in [5, 5.41) is 11.3. The number of anilines is 1.